The van der Waals surface area contributed by atoms with Crippen LogP contribution >= 0.6 is 0 Å². The van der Waals surface area contributed by atoms with Gasteiger partial charge < -0.3 is 0 Å². The molecule has 0 N–H and O–H groups in total. The average molecular weight is 212 g/mol. The van der Waals surface area contributed by atoms with Gasteiger partial charge in [-0.05, 0) is 43.0 Å². The third-order valence-electron chi connectivity index (χ3n) is 2.63. The van der Waals surface area contributed by atoms with Crippen molar-refractivity contribution in [3.63, 3.8) is 0 Å². The maximum absolute atomic E-state index is 13.4. The zero-order valence-corrected chi connectivity index (χ0v) is 9.45. The molecule has 0 bridgehead atoms. The summed E-state index contributed by atoms with van der Waals surface area (Å²) in [6.07, 6.45) is 4.99. The van der Waals surface area contributed by atoms with Crippen molar-refractivity contribution in [2.75, 3.05) is 0 Å². The van der Waals surface area contributed by atoms with Crippen LogP contribution in [0.3, 0.4) is 0 Å². The Kier molecular flexibility index (Phi) is 4.73. The minimum Gasteiger partial charge on any atom is -0.207 e. The second kappa shape index (κ2) is 5.84. The summed E-state index contributed by atoms with van der Waals surface area (Å²) in [5, 5.41) is 0. The summed E-state index contributed by atoms with van der Waals surface area (Å²) >= 11 is 0. The van der Waals surface area contributed by atoms with Crippen molar-refractivity contribution < 1.29 is 8.78 Å². The molecule has 0 aliphatic heterocycles. The largest absolute Gasteiger partial charge is 0.207 e. The minimum atomic E-state index is -0.304. The highest BCUT2D eigenvalue weighted by atomic mass is 19.1. The van der Waals surface area contributed by atoms with Gasteiger partial charge in [0.25, 0.3) is 0 Å². The van der Waals surface area contributed by atoms with Crippen molar-refractivity contribution in [3.8, 4) is 0 Å². The fourth-order valence-corrected chi connectivity index (χ4v) is 1.62. The summed E-state index contributed by atoms with van der Waals surface area (Å²) in [7, 11) is 0. The van der Waals surface area contributed by atoms with Crippen LogP contribution in [-0.2, 0) is 6.42 Å². The van der Waals surface area contributed by atoms with E-state index in [1.165, 1.54) is 12.1 Å². The zero-order chi connectivity index (χ0) is 11.3. The molecule has 84 valence electrons. The molecular formula is C13H18F2. The van der Waals surface area contributed by atoms with E-state index in [9.17, 15) is 8.78 Å². The third kappa shape index (κ3) is 3.61. The molecule has 0 spiro atoms. The number of rotatable bonds is 5. The maximum atomic E-state index is 13.4. The van der Waals surface area contributed by atoms with E-state index in [-0.39, 0.29) is 11.6 Å². The van der Waals surface area contributed by atoms with E-state index in [1.54, 1.807) is 6.92 Å². The van der Waals surface area contributed by atoms with Gasteiger partial charge in [0.15, 0.2) is 0 Å². The molecule has 0 unspecified atom stereocenters. The smallest absolute Gasteiger partial charge is 0.126 e. The first-order valence-corrected chi connectivity index (χ1v) is 5.59. The molecule has 0 aromatic heterocycles. The molecule has 0 radical (unpaired) electrons. The Morgan fingerprint density at radius 1 is 1.00 bits per heavy atom. The standard InChI is InChI=1S/C13H18F2/c1-3-4-5-6-7-11-9-12(14)10(2)8-13(11)15/h8-9H,3-7H2,1-2H3. The molecule has 0 aliphatic rings. The molecule has 0 heterocycles. The van der Waals surface area contributed by atoms with Gasteiger partial charge in [0.05, 0.1) is 0 Å². The lowest BCUT2D eigenvalue weighted by molar-refractivity contribution is 0.569. The van der Waals surface area contributed by atoms with Crippen molar-refractivity contribution in [1.82, 2.24) is 0 Å². The van der Waals surface area contributed by atoms with Crippen LogP contribution in [0.2, 0.25) is 0 Å². The van der Waals surface area contributed by atoms with Gasteiger partial charge in [0.1, 0.15) is 11.6 Å². The molecule has 0 fully saturated rings. The molecule has 0 amide bonds. The zero-order valence-electron chi connectivity index (χ0n) is 9.45. The van der Waals surface area contributed by atoms with E-state index in [2.05, 4.69) is 6.92 Å². The monoisotopic (exact) mass is 212 g/mol. The fourth-order valence-electron chi connectivity index (χ4n) is 1.62. The summed E-state index contributed by atoms with van der Waals surface area (Å²) in [4.78, 5) is 0. The van der Waals surface area contributed by atoms with Crippen LogP contribution < -0.4 is 0 Å². The van der Waals surface area contributed by atoms with Gasteiger partial charge in [-0.15, -0.1) is 0 Å². The lowest BCUT2D eigenvalue weighted by Gasteiger charge is -2.05. The van der Waals surface area contributed by atoms with E-state index in [0.29, 0.717) is 17.5 Å². The second-order valence-corrected chi connectivity index (χ2v) is 4.00. The summed E-state index contributed by atoms with van der Waals surface area (Å²) in [6, 6.07) is 2.61. The quantitative estimate of drug-likeness (QED) is 0.635. The van der Waals surface area contributed by atoms with Crippen molar-refractivity contribution in [1.29, 1.82) is 0 Å². The number of hydrogen-bond acceptors (Lipinski definition) is 0. The summed E-state index contributed by atoms with van der Waals surface area (Å²) in [6.45, 7) is 3.71. The molecule has 2 heteroatoms. The molecule has 0 nitrogen and oxygen atoms in total. The average Bonchev–Trinajstić information content (AvgIpc) is 2.20. The lowest BCUT2D eigenvalue weighted by Crippen LogP contribution is -1.95. The molecule has 1 aromatic carbocycles. The maximum Gasteiger partial charge on any atom is 0.126 e. The molecule has 0 aliphatic carbocycles. The predicted molar refractivity (Wildman–Crippen MR) is 58.9 cm³/mol. The van der Waals surface area contributed by atoms with Gasteiger partial charge >= 0.3 is 0 Å². The predicted octanol–water partition coefficient (Wildman–Crippen LogP) is 4.40. The lowest BCUT2D eigenvalue weighted by atomic mass is 10.0. The molecule has 0 atom stereocenters. The Morgan fingerprint density at radius 3 is 2.40 bits per heavy atom. The number of benzene rings is 1. The Bertz CT molecular complexity index is 319. The minimum absolute atomic E-state index is 0.273. The second-order valence-electron chi connectivity index (χ2n) is 4.00. The van der Waals surface area contributed by atoms with Crippen molar-refractivity contribution in [3.05, 3.63) is 34.9 Å². The van der Waals surface area contributed by atoms with Crippen LogP contribution in [0.5, 0.6) is 0 Å². The van der Waals surface area contributed by atoms with Crippen molar-refractivity contribution in [2.24, 2.45) is 0 Å². The van der Waals surface area contributed by atoms with E-state index in [4.69, 9.17) is 0 Å². The van der Waals surface area contributed by atoms with Crippen molar-refractivity contribution >= 4 is 0 Å². The van der Waals surface area contributed by atoms with E-state index in [1.807, 2.05) is 0 Å². The summed E-state index contributed by atoms with van der Waals surface area (Å²) in [5.74, 6) is -0.577. The molecular weight excluding hydrogens is 194 g/mol. The van der Waals surface area contributed by atoms with Gasteiger partial charge in [-0.1, -0.05) is 26.2 Å². The Balaban J connectivity index is 2.57. The Labute approximate surface area is 90.3 Å². The molecule has 0 saturated heterocycles. The Morgan fingerprint density at radius 2 is 1.73 bits per heavy atom. The van der Waals surface area contributed by atoms with Crippen LogP contribution in [0.1, 0.15) is 43.7 Å². The molecule has 0 saturated carbocycles. The van der Waals surface area contributed by atoms with Gasteiger partial charge in [0.2, 0.25) is 0 Å². The van der Waals surface area contributed by atoms with Crippen LogP contribution in [0.25, 0.3) is 0 Å². The van der Waals surface area contributed by atoms with Crippen LogP contribution in [0, 0.1) is 18.6 Å². The van der Waals surface area contributed by atoms with Gasteiger partial charge in [-0.25, -0.2) is 8.78 Å². The van der Waals surface area contributed by atoms with Crippen LogP contribution in [0.15, 0.2) is 12.1 Å². The number of halogens is 2. The number of hydrogen-bond donors (Lipinski definition) is 0. The first-order valence-electron chi connectivity index (χ1n) is 5.59. The van der Waals surface area contributed by atoms with Gasteiger partial charge in [-0.3, -0.25) is 0 Å². The molecule has 1 aromatic rings. The number of aryl methyl sites for hydroxylation is 2. The van der Waals surface area contributed by atoms with E-state index in [0.717, 1.165) is 25.7 Å². The summed E-state index contributed by atoms with van der Waals surface area (Å²) < 4.78 is 26.5. The van der Waals surface area contributed by atoms with E-state index >= 15 is 0 Å². The van der Waals surface area contributed by atoms with Crippen molar-refractivity contribution in [2.45, 2.75) is 46.0 Å². The highest BCUT2D eigenvalue weighted by molar-refractivity contribution is 5.25. The summed E-state index contributed by atoms with van der Waals surface area (Å²) in [5.41, 5.74) is 0.888. The fraction of sp³-hybridized carbons (Fsp3) is 0.538. The van der Waals surface area contributed by atoms with Crippen LogP contribution in [-0.4, -0.2) is 0 Å². The molecule has 15 heavy (non-hydrogen) atoms. The topological polar surface area (TPSA) is 0 Å². The molecule has 1 rings (SSSR count). The highest BCUT2D eigenvalue weighted by Gasteiger charge is 2.06. The first kappa shape index (κ1) is 12.2. The highest BCUT2D eigenvalue weighted by Crippen LogP contribution is 2.16. The van der Waals surface area contributed by atoms with Gasteiger partial charge in [-0.2, -0.15) is 0 Å². The first-order chi connectivity index (χ1) is 7.15. The Hall–Kier alpha value is -0.920. The van der Waals surface area contributed by atoms with Crippen LogP contribution in [0.4, 0.5) is 8.78 Å². The normalized spacial score (nSPS) is 10.7. The van der Waals surface area contributed by atoms with E-state index < -0.39 is 0 Å². The number of unbranched alkanes of at least 4 members (excludes halogenated alkanes) is 3. The SMILES string of the molecule is CCCCCCc1cc(F)c(C)cc1F. The van der Waals surface area contributed by atoms with Gasteiger partial charge in [0, 0.05) is 0 Å². The third-order valence-corrected chi connectivity index (χ3v) is 2.63.